The third-order valence-electron chi connectivity index (χ3n) is 4.07. The van der Waals surface area contributed by atoms with Crippen LogP contribution in [-0.4, -0.2) is 16.6 Å². The maximum Gasteiger partial charge on any atom is 0.0727 e. The first-order valence-corrected chi connectivity index (χ1v) is 5.79. The number of rotatable bonds is 0. The van der Waals surface area contributed by atoms with Crippen molar-refractivity contribution in [1.29, 1.82) is 0 Å². The molecule has 3 rings (SSSR count). The fraction of sp³-hybridized carbons (Fsp3) is 1.00. The molecule has 0 aromatic carbocycles. The first-order chi connectivity index (χ1) is 5.29. The van der Waals surface area contributed by atoms with E-state index in [1.807, 2.05) is 0 Å². The molecular weight excluding hydrogens is 251 g/mol. The predicted octanol–water partition coefficient (Wildman–Crippen LogP) is 2.09. The number of ether oxygens (including phenoxy) is 1. The van der Waals surface area contributed by atoms with E-state index in [2.05, 4.69) is 29.5 Å². The van der Waals surface area contributed by atoms with Crippen LogP contribution >= 0.6 is 22.6 Å². The molecule has 11 heavy (non-hydrogen) atoms. The van der Waals surface area contributed by atoms with Crippen molar-refractivity contribution in [2.24, 2.45) is 23.7 Å². The van der Waals surface area contributed by atoms with Crippen LogP contribution in [0, 0.1) is 23.7 Å². The largest absolute Gasteiger partial charge is 0.377 e. The molecule has 0 radical (unpaired) electrons. The minimum Gasteiger partial charge on any atom is -0.377 e. The molecule has 3 fully saturated rings. The van der Waals surface area contributed by atoms with Crippen molar-refractivity contribution in [2.75, 3.05) is 6.61 Å². The number of halogens is 1. The van der Waals surface area contributed by atoms with E-state index in [9.17, 15) is 0 Å². The maximum atomic E-state index is 5.81. The Morgan fingerprint density at radius 1 is 1.27 bits per heavy atom. The summed E-state index contributed by atoms with van der Waals surface area (Å²) in [4.78, 5) is 0. The van der Waals surface area contributed by atoms with Crippen LogP contribution in [0.2, 0.25) is 0 Å². The molecule has 2 saturated carbocycles. The summed E-state index contributed by atoms with van der Waals surface area (Å²) in [5, 5.41) is 0. The summed E-state index contributed by atoms with van der Waals surface area (Å²) in [5.41, 5.74) is 0. The second-order valence-electron chi connectivity index (χ2n) is 4.33. The van der Waals surface area contributed by atoms with Gasteiger partial charge in [0.15, 0.2) is 0 Å². The highest BCUT2D eigenvalue weighted by Gasteiger charge is 2.59. The van der Waals surface area contributed by atoms with Gasteiger partial charge in [-0.05, 0) is 30.1 Å². The van der Waals surface area contributed by atoms with Crippen LogP contribution in [0.25, 0.3) is 0 Å². The van der Waals surface area contributed by atoms with E-state index in [1.54, 1.807) is 0 Å². The van der Waals surface area contributed by atoms with E-state index in [4.69, 9.17) is 4.74 Å². The van der Waals surface area contributed by atoms with E-state index < -0.39 is 0 Å². The first-order valence-electron chi connectivity index (χ1n) is 4.54. The third kappa shape index (κ3) is 0.711. The number of fused-ring (bicyclic) bond motifs is 1. The fourth-order valence-electron chi connectivity index (χ4n) is 3.40. The van der Waals surface area contributed by atoms with Gasteiger partial charge < -0.3 is 4.74 Å². The standard InChI is InChI=1S/C9H13IO/c1-4-5-2-6-7(4)3-11-9(6)8(5)10/h4-9H,2-3H2,1H3/t4-,5+,6-,7+,8?,9+/m1/s1. The summed E-state index contributed by atoms with van der Waals surface area (Å²) < 4.78 is 6.63. The maximum absolute atomic E-state index is 5.81. The molecule has 2 bridgehead atoms. The molecule has 1 saturated heterocycles. The average Bonchev–Trinajstić information content (AvgIpc) is 2.53. The zero-order valence-electron chi connectivity index (χ0n) is 6.66. The van der Waals surface area contributed by atoms with Crippen molar-refractivity contribution < 1.29 is 4.74 Å². The fourth-order valence-corrected chi connectivity index (χ4v) is 5.09. The second kappa shape index (κ2) is 2.13. The Labute approximate surface area is 81.0 Å². The lowest BCUT2D eigenvalue weighted by atomic mass is 9.82. The number of hydrogen-bond acceptors (Lipinski definition) is 1. The van der Waals surface area contributed by atoms with Gasteiger partial charge in [-0.1, -0.05) is 29.5 Å². The summed E-state index contributed by atoms with van der Waals surface area (Å²) in [7, 11) is 0. The van der Waals surface area contributed by atoms with Crippen molar-refractivity contribution in [1.82, 2.24) is 0 Å². The lowest BCUT2D eigenvalue weighted by Gasteiger charge is -2.27. The highest BCUT2D eigenvalue weighted by atomic mass is 127. The molecule has 1 heterocycles. The molecule has 1 aliphatic heterocycles. The Bertz CT molecular complexity index is 176. The SMILES string of the molecule is C[C@H]1[C@@H]2CO[C@@H]3C(I)[C@H]1C[C@H]23. The van der Waals surface area contributed by atoms with Crippen LogP contribution in [0.3, 0.4) is 0 Å². The molecule has 0 aromatic rings. The highest BCUT2D eigenvalue weighted by Crippen LogP contribution is 2.59. The molecule has 2 heteroatoms. The summed E-state index contributed by atoms with van der Waals surface area (Å²) >= 11 is 2.60. The Morgan fingerprint density at radius 3 is 2.82 bits per heavy atom. The van der Waals surface area contributed by atoms with Gasteiger partial charge >= 0.3 is 0 Å². The Morgan fingerprint density at radius 2 is 2.09 bits per heavy atom. The van der Waals surface area contributed by atoms with E-state index >= 15 is 0 Å². The van der Waals surface area contributed by atoms with Crippen molar-refractivity contribution >= 4 is 22.6 Å². The van der Waals surface area contributed by atoms with Gasteiger partial charge in [-0.25, -0.2) is 0 Å². The lowest BCUT2D eigenvalue weighted by Crippen LogP contribution is -2.31. The van der Waals surface area contributed by atoms with Gasteiger partial charge in [0.1, 0.15) is 0 Å². The first kappa shape index (κ1) is 7.13. The molecule has 1 unspecified atom stereocenters. The molecular formula is C9H13IO. The van der Waals surface area contributed by atoms with Gasteiger partial charge in [-0.15, -0.1) is 0 Å². The quantitative estimate of drug-likeness (QED) is 0.481. The summed E-state index contributed by atoms with van der Waals surface area (Å²) in [6.45, 7) is 3.48. The van der Waals surface area contributed by atoms with Gasteiger partial charge in [0.05, 0.1) is 12.7 Å². The number of alkyl halides is 1. The second-order valence-corrected chi connectivity index (χ2v) is 5.77. The van der Waals surface area contributed by atoms with Crippen molar-refractivity contribution in [3.05, 3.63) is 0 Å². The molecule has 0 amide bonds. The van der Waals surface area contributed by atoms with Crippen LogP contribution in [0.5, 0.6) is 0 Å². The highest BCUT2D eigenvalue weighted by molar-refractivity contribution is 14.1. The Kier molecular flexibility index (Phi) is 1.38. The van der Waals surface area contributed by atoms with Crippen LogP contribution in [0.15, 0.2) is 0 Å². The van der Waals surface area contributed by atoms with Crippen molar-refractivity contribution in [2.45, 2.75) is 23.4 Å². The van der Waals surface area contributed by atoms with Gasteiger partial charge in [-0.3, -0.25) is 0 Å². The summed E-state index contributed by atoms with van der Waals surface area (Å²) in [6.07, 6.45) is 2.10. The Balaban J connectivity index is 2.01. The molecule has 0 aromatic heterocycles. The predicted molar refractivity (Wildman–Crippen MR) is 51.8 cm³/mol. The van der Waals surface area contributed by atoms with E-state index in [0.29, 0.717) is 6.10 Å². The molecule has 0 N–H and O–H groups in total. The van der Waals surface area contributed by atoms with Crippen LogP contribution in [0.1, 0.15) is 13.3 Å². The zero-order valence-corrected chi connectivity index (χ0v) is 8.82. The molecule has 2 aliphatic carbocycles. The lowest BCUT2D eigenvalue weighted by molar-refractivity contribution is 0.109. The third-order valence-corrected chi connectivity index (χ3v) is 5.70. The van der Waals surface area contributed by atoms with Gasteiger partial charge in [0.2, 0.25) is 0 Å². The van der Waals surface area contributed by atoms with Gasteiger partial charge in [0, 0.05) is 3.92 Å². The minimum absolute atomic E-state index is 0.641. The smallest absolute Gasteiger partial charge is 0.0727 e. The van der Waals surface area contributed by atoms with E-state index in [-0.39, 0.29) is 0 Å². The van der Waals surface area contributed by atoms with Crippen molar-refractivity contribution in [3.63, 3.8) is 0 Å². The molecule has 0 spiro atoms. The molecule has 6 atom stereocenters. The van der Waals surface area contributed by atoms with Gasteiger partial charge in [-0.2, -0.15) is 0 Å². The summed E-state index contributed by atoms with van der Waals surface area (Å²) in [5.74, 6) is 3.80. The van der Waals surface area contributed by atoms with E-state index in [1.165, 1.54) is 6.42 Å². The van der Waals surface area contributed by atoms with Gasteiger partial charge in [0.25, 0.3) is 0 Å². The minimum atomic E-state index is 0.641. The molecule has 1 nitrogen and oxygen atoms in total. The van der Waals surface area contributed by atoms with Crippen molar-refractivity contribution in [3.8, 4) is 0 Å². The normalized spacial score (nSPS) is 66.0. The average molecular weight is 264 g/mol. The topological polar surface area (TPSA) is 9.23 Å². The molecule has 3 aliphatic rings. The molecule has 62 valence electrons. The van der Waals surface area contributed by atoms with Crippen LogP contribution in [-0.2, 0) is 4.74 Å². The van der Waals surface area contributed by atoms with Crippen LogP contribution < -0.4 is 0 Å². The monoisotopic (exact) mass is 264 g/mol. The van der Waals surface area contributed by atoms with E-state index in [0.717, 1.165) is 34.2 Å². The Hall–Kier alpha value is 0.690. The van der Waals surface area contributed by atoms with Crippen LogP contribution in [0.4, 0.5) is 0 Å². The zero-order chi connectivity index (χ0) is 7.59. The number of hydrogen-bond donors (Lipinski definition) is 0. The summed E-state index contributed by atoms with van der Waals surface area (Å²) in [6, 6.07) is 0.